The standard InChI is InChI=1S/C6H11NO.O.Zn/c8-6-4-2-1-3-5-7-6;;/h1-5H2,(H,7,8);;/q;-2;+2. The molecule has 0 unspecified atom stereocenters. The van der Waals surface area contributed by atoms with E-state index in [9.17, 15) is 4.79 Å². The number of carbonyl (C=O) groups is 1. The van der Waals surface area contributed by atoms with Gasteiger partial charge in [0.1, 0.15) is 0 Å². The van der Waals surface area contributed by atoms with Gasteiger partial charge in [0.05, 0.1) is 0 Å². The number of rotatable bonds is 0. The summed E-state index contributed by atoms with van der Waals surface area (Å²) in [5.41, 5.74) is 0. The zero-order valence-corrected chi connectivity index (χ0v) is 9.03. The van der Waals surface area contributed by atoms with Crippen molar-refractivity contribution in [2.75, 3.05) is 6.54 Å². The summed E-state index contributed by atoms with van der Waals surface area (Å²) in [6.07, 6.45) is 4.18. The van der Waals surface area contributed by atoms with Crippen LogP contribution in [0.2, 0.25) is 0 Å². The van der Waals surface area contributed by atoms with E-state index in [4.69, 9.17) is 0 Å². The Kier molecular flexibility index (Phi) is 9.10. The van der Waals surface area contributed by atoms with Crippen molar-refractivity contribution in [1.29, 1.82) is 0 Å². The van der Waals surface area contributed by atoms with Crippen LogP contribution in [0.4, 0.5) is 0 Å². The van der Waals surface area contributed by atoms with Gasteiger partial charge in [0.15, 0.2) is 0 Å². The normalized spacial score (nSPS) is 17.4. The Balaban J connectivity index is 0. The van der Waals surface area contributed by atoms with E-state index in [1.165, 1.54) is 6.42 Å². The second kappa shape index (κ2) is 7.16. The first kappa shape index (κ1) is 12.7. The molecule has 0 aliphatic carbocycles. The number of carbonyl (C=O) groups excluding carboxylic acids is 1. The van der Waals surface area contributed by atoms with Crippen LogP contribution in [0.5, 0.6) is 0 Å². The van der Waals surface area contributed by atoms with Gasteiger partial charge in [-0.15, -0.1) is 0 Å². The molecule has 1 fully saturated rings. The quantitative estimate of drug-likeness (QED) is 0.563. The zero-order valence-electron chi connectivity index (χ0n) is 6.06. The van der Waals surface area contributed by atoms with Crippen molar-refractivity contribution in [3.63, 3.8) is 0 Å². The fourth-order valence-corrected chi connectivity index (χ4v) is 0.904. The molecule has 0 bridgehead atoms. The molecule has 0 aromatic carbocycles. The number of hydrogen-bond donors (Lipinski definition) is 1. The molecule has 1 N–H and O–H groups in total. The van der Waals surface area contributed by atoms with Gasteiger partial charge in [-0.3, -0.25) is 4.79 Å². The van der Waals surface area contributed by atoms with Crippen molar-refractivity contribution in [2.45, 2.75) is 25.7 Å². The number of hydrogen-bond acceptors (Lipinski definition) is 1. The van der Waals surface area contributed by atoms with Crippen molar-refractivity contribution >= 4 is 5.91 Å². The number of nitrogens with one attached hydrogen (secondary N) is 1. The van der Waals surface area contributed by atoms with Crippen LogP contribution in [0.15, 0.2) is 0 Å². The van der Waals surface area contributed by atoms with Crippen LogP contribution in [-0.2, 0) is 29.7 Å². The molecule has 1 amide bonds. The maximum absolute atomic E-state index is 10.6. The Morgan fingerprint density at radius 3 is 2.60 bits per heavy atom. The summed E-state index contributed by atoms with van der Waals surface area (Å²) in [7, 11) is 0. The van der Waals surface area contributed by atoms with Crippen LogP contribution in [0, 0.1) is 0 Å². The first-order chi connectivity index (χ1) is 3.89. The SMILES string of the molecule is O=C1CCCCCN1.[O-2].[Zn+2]. The third-order valence-corrected chi connectivity index (χ3v) is 1.40. The largest absolute Gasteiger partial charge is 2.00 e. The van der Waals surface area contributed by atoms with E-state index in [2.05, 4.69) is 5.32 Å². The number of amides is 1. The minimum atomic E-state index is 0. The summed E-state index contributed by atoms with van der Waals surface area (Å²) in [4.78, 5) is 10.6. The molecule has 0 atom stereocenters. The van der Waals surface area contributed by atoms with Gasteiger partial charge in [0, 0.05) is 13.0 Å². The van der Waals surface area contributed by atoms with E-state index < -0.39 is 0 Å². The average molecular weight is 195 g/mol. The van der Waals surface area contributed by atoms with Gasteiger partial charge < -0.3 is 10.8 Å². The van der Waals surface area contributed by atoms with E-state index >= 15 is 0 Å². The van der Waals surface area contributed by atoms with Gasteiger partial charge in [-0.05, 0) is 12.8 Å². The Bertz CT molecular complexity index is 87.7. The molecule has 4 heteroatoms. The second-order valence-corrected chi connectivity index (χ2v) is 2.16. The van der Waals surface area contributed by atoms with Gasteiger partial charge in [0.25, 0.3) is 0 Å². The summed E-state index contributed by atoms with van der Waals surface area (Å²) < 4.78 is 0. The maximum Gasteiger partial charge on any atom is 2.00 e. The van der Waals surface area contributed by atoms with E-state index in [1.807, 2.05) is 0 Å². The van der Waals surface area contributed by atoms with E-state index in [0.29, 0.717) is 0 Å². The van der Waals surface area contributed by atoms with Crippen LogP contribution >= 0.6 is 0 Å². The molecule has 1 aliphatic rings. The van der Waals surface area contributed by atoms with Gasteiger partial charge in [-0.1, -0.05) is 6.42 Å². The summed E-state index contributed by atoms with van der Waals surface area (Å²) in [5.74, 6) is 0.225. The van der Waals surface area contributed by atoms with E-state index in [-0.39, 0.29) is 30.9 Å². The Morgan fingerprint density at radius 1 is 1.20 bits per heavy atom. The molecular formula is C6H11NO2Zn. The molecule has 3 nitrogen and oxygen atoms in total. The Labute approximate surface area is 73.6 Å². The van der Waals surface area contributed by atoms with Gasteiger partial charge in [-0.25, -0.2) is 0 Å². The van der Waals surface area contributed by atoms with Gasteiger partial charge in [0.2, 0.25) is 5.91 Å². The average Bonchev–Trinajstić information content (AvgIpc) is 1.94. The summed E-state index contributed by atoms with van der Waals surface area (Å²) >= 11 is 0. The predicted octanol–water partition coefficient (Wildman–Crippen LogP) is 0.555. The monoisotopic (exact) mass is 193 g/mol. The van der Waals surface area contributed by atoms with E-state index in [0.717, 1.165) is 25.8 Å². The molecule has 0 aromatic heterocycles. The first-order valence-corrected chi connectivity index (χ1v) is 3.16. The predicted molar refractivity (Wildman–Crippen MR) is 32.2 cm³/mol. The van der Waals surface area contributed by atoms with E-state index in [1.54, 1.807) is 0 Å². The van der Waals surface area contributed by atoms with Crippen molar-refractivity contribution in [3.8, 4) is 0 Å². The van der Waals surface area contributed by atoms with Crippen LogP contribution in [0.1, 0.15) is 25.7 Å². The Morgan fingerprint density at radius 2 is 1.90 bits per heavy atom. The minimum absolute atomic E-state index is 0. The molecule has 54 valence electrons. The molecule has 0 saturated carbocycles. The third kappa shape index (κ3) is 4.89. The van der Waals surface area contributed by atoms with Crippen LogP contribution in [0.25, 0.3) is 0 Å². The summed E-state index contributed by atoms with van der Waals surface area (Å²) in [6.45, 7) is 0.888. The first-order valence-electron chi connectivity index (χ1n) is 3.16. The topological polar surface area (TPSA) is 57.6 Å². The molecule has 10 heavy (non-hydrogen) atoms. The van der Waals surface area contributed by atoms with Crippen LogP contribution in [0.3, 0.4) is 0 Å². The van der Waals surface area contributed by atoms with Crippen molar-refractivity contribution in [1.82, 2.24) is 5.32 Å². The maximum atomic E-state index is 10.6. The van der Waals surface area contributed by atoms with Crippen molar-refractivity contribution < 1.29 is 29.7 Å². The van der Waals surface area contributed by atoms with Gasteiger partial charge in [-0.2, -0.15) is 0 Å². The van der Waals surface area contributed by atoms with Crippen molar-refractivity contribution in [2.24, 2.45) is 0 Å². The van der Waals surface area contributed by atoms with Crippen LogP contribution < -0.4 is 5.32 Å². The van der Waals surface area contributed by atoms with Crippen molar-refractivity contribution in [3.05, 3.63) is 0 Å². The molecule has 0 aromatic rings. The molecule has 1 aliphatic heterocycles. The summed E-state index contributed by atoms with van der Waals surface area (Å²) in [6, 6.07) is 0. The smallest absolute Gasteiger partial charge is 2.00 e. The zero-order chi connectivity index (χ0) is 5.82. The summed E-state index contributed by atoms with van der Waals surface area (Å²) in [5, 5.41) is 2.81. The Hall–Kier alpha value is 0.0534. The molecule has 1 rings (SSSR count). The second-order valence-electron chi connectivity index (χ2n) is 2.16. The van der Waals surface area contributed by atoms with Gasteiger partial charge >= 0.3 is 19.5 Å². The molecule has 1 saturated heterocycles. The minimum Gasteiger partial charge on any atom is -2.00 e. The fraction of sp³-hybridized carbons (Fsp3) is 0.833. The fourth-order valence-electron chi connectivity index (χ4n) is 0.904. The van der Waals surface area contributed by atoms with Crippen LogP contribution in [-0.4, -0.2) is 12.5 Å². The molecule has 0 radical (unpaired) electrons. The molecule has 0 spiro atoms. The third-order valence-electron chi connectivity index (χ3n) is 1.40. The molecular weight excluding hydrogens is 183 g/mol. The molecule has 1 heterocycles.